The maximum absolute atomic E-state index is 12.0. The number of fused-ring (bicyclic) bond motifs is 6. The summed E-state index contributed by atoms with van der Waals surface area (Å²) in [7, 11) is 0. The van der Waals surface area contributed by atoms with Crippen LogP contribution in [0.5, 0.6) is 23.3 Å². The van der Waals surface area contributed by atoms with E-state index in [-0.39, 0.29) is 12.6 Å². The molecule has 0 radical (unpaired) electrons. The molecule has 119 heavy (non-hydrogen) atoms. The van der Waals surface area contributed by atoms with Gasteiger partial charge in [-0.15, -0.1) is 0 Å². The summed E-state index contributed by atoms with van der Waals surface area (Å²) in [5.41, 5.74) is 11.0. The molecule has 0 saturated carbocycles. The van der Waals surface area contributed by atoms with Crippen molar-refractivity contribution < 1.29 is 38.4 Å². The van der Waals surface area contributed by atoms with E-state index in [0.29, 0.717) is 80.1 Å². The number of halogens is 1. The van der Waals surface area contributed by atoms with Crippen LogP contribution in [0.2, 0.25) is 0 Å². The normalized spacial score (nSPS) is 16.2. The second-order valence-corrected chi connectivity index (χ2v) is 31.8. The lowest BCUT2D eigenvalue weighted by Crippen LogP contribution is -2.34. The molecule has 0 spiro atoms. The van der Waals surface area contributed by atoms with Crippen LogP contribution in [0, 0.1) is 0 Å². The fraction of sp³-hybridized carbons (Fsp3) is 0.212. The molecule has 4 aliphatic rings. The van der Waals surface area contributed by atoms with Gasteiger partial charge in [-0.2, -0.15) is 9.97 Å². The maximum Gasteiger partial charge on any atom is 0.333 e. The van der Waals surface area contributed by atoms with Gasteiger partial charge in [0, 0.05) is 99.8 Å². The van der Waals surface area contributed by atoms with Gasteiger partial charge in [0.05, 0.1) is 41.6 Å². The number of esters is 1. The van der Waals surface area contributed by atoms with Crippen LogP contribution in [0.1, 0.15) is 111 Å². The quantitative estimate of drug-likeness (QED) is 0.0238. The summed E-state index contributed by atoms with van der Waals surface area (Å²) in [6.07, 6.45) is 18.8. The molecule has 2 aromatic heterocycles. The third-order valence-corrected chi connectivity index (χ3v) is 24.0. The number of aliphatic hydroxyl groups is 1. The van der Waals surface area contributed by atoms with Gasteiger partial charge >= 0.3 is 5.97 Å². The fourth-order valence-electron chi connectivity index (χ4n) is 17.5. The number of anilines is 2. The molecule has 0 amide bonds. The second kappa shape index (κ2) is 33.5. The lowest BCUT2D eigenvalue weighted by molar-refractivity contribution is -0.139. The Balaban J connectivity index is 0.000000154. The van der Waals surface area contributed by atoms with E-state index in [2.05, 4.69) is 254 Å². The van der Waals surface area contributed by atoms with Crippen LogP contribution in [0.25, 0.3) is 121 Å². The maximum atomic E-state index is 12.0. The number of nitrogens with zero attached hydrogens (tertiary/aromatic N) is 6. The van der Waals surface area contributed by atoms with Gasteiger partial charge in [-0.05, 0) is 239 Å². The van der Waals surface area contributed by atoms with Crippen molar-refractivity contribution in [3.63, 3.8) is 0 Å². The van der Waals surface area contributed by atoms with Gasteiger partial charge in [-0.1, -0.05) is 195 Å². The zero-order valence-corrected chi connectivity index (χ0v) is 67.7. The summed E-state index contributed by atoms with van der Waals surface area (Å²) >= 11 is 4.87. The largest absolute Gasteiger partial charge is 0.477 e. The highest BCUT2D eigenvalue weighted by Gasteiger charge is 2.40. The van der Waals surface area contributed by atoms with Crippen LogP contribution >= 0.6 is 11.6 Å². The minimum Gasteiger partial charge on any atom is -0.477 e. The number of hydrogen-bond acceptors (Lipinski definition) is 14. The first kappa shape index (κ1) is 77.2. The van der Waals surface area contributed by atoms with E-state index in [1.54, 1.807) is 13.8 Å². The number of ether oxygens (including phenoxy) is 5. The lowest BCUT2D eigenvalue weighted by atomic mass is 9.83. The molecule has 0 aliphatic carbocycles. The van der Waals surface area contributed by atoms with E-state index in [0.717, 1.165) is 115 Å². The number of piperidine rings is 2. The summed E-state index contributed by atoms with van der Waals surface area (Å²) in [6.45, 7) is 15.8. The van der Waals surface area contributed by atoms with E-state index in [9.17, 15) is 14.7 Å². The number of unbranched alkanes of at least 4 members (excludes halogenated alkanes) is 2. The first-order valence-corrected chi connectivity index (χ1v) is 41.9. The van der Waals surface area contributed by atoms with Gasteiger partial charge in [0.1, 0.15) is 11.5 Å². The average molecular weight is 1590 g/mol. The summed E-state index contributed by atoms with van der Waals surface area (Å²) in [5.74, 6) is 3.29. The van der Waals surface area contributed by atoms with Crippen LogP contribution in [0.3, 0.4) is 0 Å². The molecular formula is C104H91ClN6O8. The molecule has 592 valence electrons. The molecule has 0 bridgehead atoms. The van der Waals surface area contributed by atoms with Crippen molar-refractivity contribution in [3.05, 3.63) is 312 Å². The zero-order valence-electron chi connectivity index (χ0n) is 66.9. The van der Waals surface area contributed by atoms with Crippen molar-refractivity contribution in [2.24, 2.45) is 0 Å². The van der Waals surface area contributed by atoms with Gasteiger partial charge in [0.25, 0.3) is 0 Å². The molecule has 2 fully saturated rings. The van der Waals surface area contributed by atoms with Crippen LogP contribution in [-0.2, 0) is 25.5 Å². The summed E-state index contributed by atoms with van der Waals surface area (Å²) in [5, 5.41) is 25.0. The molecule has 14 nitrogen and oxygen atoms in total. The highest BCUT2D eigenvalue weighted by molar-refractivity contribution is 6.67. The first-order valence-electron chi connectivity index (χ1n) is 41.5. The van der Waals surface area contributed by atoms with E-state index >= 15 is 0 Å². The van der Waals surface area contributed by atoms with Gasteiger partial charge in [-0.3, -0.25) is 4.79 Å². The molecule has 16 aromatic rings. The predicted octanol–water partition coefficient (Wildman–Crippen LogP) is 23.8. The highest BCUT2D eigenvalue weighted by Crippen LogP contribution is 2.50. The van der Waals surface area contributed by atoms with Crippen molar-refractivity contribution in [1.29, 1.82) is 0 Å². The van der Waals surface area contributed by atoms with Gasteiger partial charge in [0.15, 0.2) is 22.9 Å². The van der Waals surface area contributed by atoms with Crippen LogP contribution in [-0.4, -0.2) is 88.9 Å². The SMILES string of the molecule is C=C(C)C(=O)Cl.C=C(C)C(=O)OCCCCOc1nc(-c2ccc3ccc4cccc5ccc2c3c45)nc2ccc3c(c12)C=CC(c1ccccc1)(c1ccc(N2CCCCC2)cc1)O3.OCCCCOc1nc(-c2ccc3ccc4cccc5ccc2c3c45)nc2ccc3c(c12)C=CC(c1ccccc1)(c1ccc(N2CCCCC2)cc1)O3. The predicted molar refractivity (Wildman–Crippen MR) is 484 cm³/mol. The minimum absolute atomic E-state index is 0.119. The molecular weight excluding hydrogens is 1500 g/mol. The first-order chi connectivity index (χ1) is 58.3. The Kier molecular flexibility index (Phi) is 21.8. The van der Waals surface area contributed by atoms with E-state index in [1.807, 2.05) is 36.4 Å². The molecule has 14 aromatic carbocycles. The van der Waals surface area contributed by atoms with Crippen molar-refractivity contribution in [2.75, 3.05) is 62.4 Å². The molecule has 2 atom stereocenters. The van der Waals surface area contributed by atoms with Crippen LogP contribution in [0.15, 0.2) is 279 Å². The number of carbonyl (C=O) groups is 2. The Morgan fingerprint density at radius 3 is 1.19 bits per heavy atom. The van der Waals surface area contributed by atoms with E-state index in [1.165, 1.54) is 104 Å². The Hall–Kier alpha value is -13.0. The number of rotatable bonds is 21. The Morgan fingerprint density at radius 2 is 0.790 bits per heavy atom. The Morgan fingerprint density at radius 1 is 0.412 bits per heavy atom. The standard InChI is InChI=1S/C52H45N3O4.C48H41N3O3.C4H5ClO/c1-34(2)51(56)58-33-10-9-32-57-50-48-43-28-29-52(38-14-5-3-6-15-38,39-20-22-40(23-21-39)55-30-7-4-8-31-55)59-45(43)27-26-44(48)53-49(54-50)42-25-19-37-17-16-35-12-11-13-36-18-24-41(42)47(37)46(35)36;52-30-7-8-31-53-47-45-40-26-27-48(35-12-3-1-4-13-35,36-18-20-37(21-19-36)51-28-5-2-6-29-51)54-42(40)25-24-41(45)49-46(50-47)39-23-17-34-15-14-32-10-9-11-33-16-22-38(39)44(34)43(32)33;1-3(2)4(5)6/h3,5-6,11-29H,1,4,7-10,30-33H2,2H3;1,3-4,9-27,52H,2,5-8,28-31H2;1H2,2H3. The monoisotopic (exact) mass is 1590 g/mol. The summed E-state index contributed by atoms with van der Waals surface area (Å²) < 4.78 is 32.9. The van der Waals surface area contributed by atoms with E-state index < -0.39 is 16.4 Å². The van der Waals surface area contributed by atoms with E-state index in [4.69, 9.17) is 55.2 Å². The fourth-order valence-corrected chi connectivity index (χ4v) is 17.5. The average Bonchev–Trinajstić information content (AvgIpc) is 0.731. The molecule has 20 rings (SSSR count). The Labute approximate surface area is 697 Å². The minimum atomic E-state index is -0.854. The Bertz CT molecular complexity index is 6540. The van der Waals surface area contributed by atoms with Gasteiger partial charge in [0.2, 0.25) is 17.0 Å². The van der Waals surface area contributed by atoms with Crippen molar-refractivity contribution in [2.45, 2.75) is 89.3 Å². The third-order valence-electron chi connectivity index (χ3n) is 23.6. The number of carbonyl (C=O) groups excluding carboxylic acids is 2. The molecule has 2 saturated heterocycles. The molecule has 6 heterocycles. The van der Waals surface area contributed by atoms with Crippen LogP contribution in [0.4, 0.5) is 11.4 Å². The summed E-state index contributed by atoms with van der Waals surface area (Å²) in [4.78, 5) is 47.6. The number of aliphatic hydroxyl groups excluding tert-OH is 1. The van der Waals surface area contributed by atoms with Gasteiger partial charge in [-0.25, -0.2) is 14.8 Å². The number of aromatic nitrogens is 4. The molecule has 4 aliphatic heterocycles. The van der Waals surface area contributed by atoms with Crippen molar-refractivity contribution in [3.8, 4) is 46.0 Å². The third kappa shape index (κ3) is 15.1. The number of allylic oxidation sites excluding steroid dienone is 1. The zero-order chi connectivity index (χ0) is 81.1. The number of hydrogen-bond donors (Lipinski definition) is 1. The smallest absolute Gasteiger partial charge is 0.333 e. The summed E-state index contributed by atoms with van der Waals surface area (Å²) in [6, 6.07) is 85.8. The van der Waals surface area contributed by atoms with Gasteiger partial charge < -0.3 is 38.6 Å². The highest BCUT2D eigenvalue weighted by atomic mass is 35.5. The van der Waals surface area contributed by atoms with Crippen molar-refractivity contribution >= 4 is 133 Å². The topological polar surface area (TPSA) is 159 Å². The molecule has 15 heteroatoms. The molecule has 1 N–H and O–H groups in total. The number of benzene rings is 14. The second-order valence-electron chi connectivity index (χ2n) is 31.5. The molecule has 2 unspecified atom stereocenters. The van der Waals surface area contributed by atoms with Crippen LogP contribution < -0.4 is 28.7 Å². The lowest BCUT2D eigenvalue weighted by Gasteiger charge is -2.37. The van der Waals surface area contributed by atoms with Crippen molar-refractivity contribution in [1.82, 2.24) is 19.9 Å².